The molecule has 1 aliphatic carbocycles. The van der Waals surface area contributed by atoms with Gasteiger partial charge in [-0.1, -0.05) is 6.42 Å². The molecule has 2 rings (SSSR count). The first kappa shape index (κ1) is 14.7. The van der Waals surface area contributed by atoms with Crippen molar-refractivity contribution in [2.45, 2.75) is 37.5 Å². The summed E-state index contributed by atoms with van der Waals surface area (Å²) in [6.07, 6.45) is 5.67. The molecule has 1 saturated carbocycles. The van der Waals surface area contributed by atoms with Crippen molar-refractivity contribution < 1.29 is 4.79 Å². The Morgan fingerprint density at radius 1 is 1.63 bits per heavy atom. The normalized spacial score (nSPS) is 22.5. The average molecular weight is 299 g/mol. The lowest BCUT2D eigenvalue weighted by Gasteiger charge is -2.28. The van der Waals surface area contributed by atoms with Gasteiger partial charge in [-0.3, -0.25) is 4.79 Å². The maximum atomic E-state index is 12.4. The van der Waals surface area contributed by atoms with Crippen molar-refractivity contribution in [2.75, 3.05) is 25.2 Å². The minimum atomic E-state index is 0.0475. The number of hydrogen-bond acceptors (Lipinski definition) is 5. The largest absolute Gasteiger partial charge is 0.362 e. The molecule has 0 aromatic carbocycles. The summed E-state index contributed by atoms with van der Waals surface area (Å²) in [7, 11) is 1.91. The van der Waals surface area contributed by atoms with Gasteiger partial charge in [0.2, 0.25) is 0 Å². The van der Waals surface area contributed by atoms with Gasteiger partial charge in [0.15, 0.2) is 5.13 Å². The maximum Gasteiger partial charge on any atom is 0.273 e. The zero-order valence-electron chi connectivity index (χ0n) is 11.7. The standard InChI is InChI=1S/C13H21N3OS2/c1-4-14-13-15-9(8-19-13)12(17)16(2)10-6-5-7-11(10)18-3/h8,10-11H,4-7H2,1-3H3,(H,14,15)/t10-,11+/m0/s1. The van der Waals surface area contributed by atoms with E-state index in [-0.39, 0.29) is 5.91 Å². The van der Waals surface area contributed by atoms with Gasteiger partial charge in [-0.05, 0) is 26.0 Å². The fourth-order valence-corrected chi connectivity index (χ4v) is 4.35. The second kappa shape index (κ2) is 6.61. The molecule has 1 aromatic heterocycles. The molecule has 4 nitrogen and oxygen atoms in total. The van der Waals surface area contributed by atoms with Crippen LogP contribution in [0.1, 0.15) is 36.7 Å². The van der Waals surface area contributed by atoms with Crippen LogP contribution in [0.5, 0.6) is 0 Å². The molecule has 1 amide bonds. The summed E-state index contributed by atoms with van der Waals surface area (Å²) in [5.41, 5.74) is 0.565. The van der Waals surface area contributed by atoms with Gasteiger partial charge in [-0.25, -0.2) is 4.98 Å². The van der Waals surface area contributed by atoms with Gasteiger partial charge in [0, 0.05) is 30.3 Å². The van der Waals surface area contributed by atoms with E-state index in [0.717, 1.165) is 18.1 Å². The summed E-state index contributed by atoms with van der Waals surface area (Å²) >= 11 is 3.36. The van der Waals surface area contributed by atoms with Gasteiger partial charge in [0.25, 0.3) is 5.91 Å². The molecular formula is C13H21N3OS2. The smallest absolute Gasteiger partial charge is 0.273 e. The van der Waals surface area contributed by atoms with Crippen LogP contribution in [0.4, 0.5) is 5.13 Å². The second-order valence-electron chi connectivity index (χ2n) is 4.76. The van der Waals surface area contributed by atoms with Crippen LogP contribution in [0, 0.1) is 0 Å². The summed E-state index contributed by atoms with van der Waals surface area (Å²) in [6.45, 7) is 2.85. The Morgan fingerprint density at radius 3 is 3.11 bits per heavy atom. The highest BCUT2D eigenvalue weighted by atomic mass is 32.2. The summed E-state index contributed by atoms with van der Waals surface area (Å²) < 4.78 is 0. The molecule has 1 heterocycles. The van der Waals surface area contributed by atoms with Crippen LogP contribution < -0.4 is 5.32 Å². The van der Waals surface area contributed by atoms with Crippen LogP contribution in [0.2, 0.25) is 0 Å². The van der Waals surface area contributed by atoms with E-state index in [9.17, 15) is 4.79 Å². The highest BCUT2D eigenvalue weighted by molar-refractivity contribution is 7.99. The van der Waals surface area contributed by atoms with E-state index < -0.39 is 0 Å². The van der Waals surface area contributed by atoms with E-state index >= 15 is 0 Å². The van der Waals surface area contributed by atoms with Crippen molar-refractivity contribution in [3.05, 3.63) is 11.1 Å². The van der Waals surface area contributed by atoms with Crippen LogP contribution >= 0.6 is 23.1 Å². The average Bonchev–Trinajstić information content (AvgIpc) is 3.05. The number of nitrogens with one attached hydrogen (secondary N) is 1. The van der Waals surface area contributed by atoms with Crippen LogP contribution in [-0.2, 0) is 0 Å². The summed E-state index contributed by atoms with van der Waals surface area (Å²) in [5, 5.41) is 6.39. The SMILES string of the molecule is CCNc1nc(C(=O)N(C)[C@H]2CCC[C@H]2SC)cs1. The summed E-state index contributed by atoms with van der Waals surface area (Å²) in [6, 6.07) is 0.354. The van der Waals surface area contributed by atoms with E-state index in [2.05, 4.69) is 16.6 Å². The molecule has 0 unspecified atom stereocenters. The Morgan fingerprint density at radius 2 is 2.42 bits per heavy atom. The first-order valence-electron chi connectivity index (χ1n) is 6.66. The van der Waals surface area contributed by atoms with Crippen molar-refractivity contribution in [2.24, 2.45) is 0 Å². The molecule has 106 valence electrons. The molecule has 1 aromatic rings. The molecule has 19 heavy (non-hydrogen) atoms. The number of hydrogen-bond donors (Lipinski definition) is 1. The predicted molar refractivity (Wildman–Crippen MR) is 83.3 cm³/mol. The maximum absolute atomic E-state index is 12.4. The van der Waals surface area contributed by atoms with E-state index in [1.165, 1.54) is 24.2 Å². The quantitative estimate of drug-likeness (QED) is 0.908. The van der Waals surface area contributed by atoms with E-state index in [4.69, 9.17) is 0 Å². The van der Waals surface area contributed by atoms with Crippen molar-refractivity contribution in [1.29, 1.82) is 0 Å². The van der Waals surface area contributed by atoms with Gasteiger partial charge in [-0.2, -0.15) is 11.8 Å². The molecule has 0 bridgehead atoms. The van der Waals surface area contributed by atoms with E-state index in [1.807, 2.05) is 36.0 Å². The Balaban J connectivity index is 2.05. The van der Waals surface area contributed by atoms with Crippen LogP contribution in [0.3, 0.4) is 0 Å². The van der Waals surface area contributed by atoms with Crippen molar-refractivity contribution >= 4 is 34.1 Å². The lowest BCUT2D eigenvalue weighted by Crippen LogP contribution is -2.40. The van der Waals surface area contributed by atoms with Gasteiger partial charge in [0.05, 0.1) is 0 Å². The molecule has 6 heteroatoms. The van der Waals surface area contributed by atoms with Gasteiger partial charge in [-0.15, -0.1) is 11.3 Å². The van der Waals surface area contributed by atoms with Gasteiger partial charge >= 0.3 is 0 Å². The molecule has 2 atom stereocenters. The lowest BCUT2D eigenvalue weighted by atomic mass is 10.2. The fourth-order valence-electron chi connectivity index (χ4n) is 2.56. The van der Waals surface area contributed by atoms with Crippen molar-refractivity contribution in [3.8, 4) is 0 Å². The number of amides is 1. The third-order valence-corrected chi connectivity index (χ3v) is 5.54. The fraction of sp³-hybridized carbons (Fsp3) is 0.692. The van der Waals surface area contributed by atoms with Crippen molar-refractivity contribution in [3.63, 3.8) is 0 Å². The van der Waals surface area contributed by atoms with Gasteiger partial charge < -0.3 is 10.2 Å². The zero-order valence-corrected chi connectivity index (χ0v) is 13.3. The van der Waals surface area contributed by atoms with E-state index in [1.54, 1.807) is 0 Å². The Kier molecular flexibility index (Phi) is 5.10. The molecule has 1 aliphatic rings. The minimum absolute atomic E-state index is 0.0475. The first-order valence-corrected chi connectivity index (χ1v) is 8.83. The van der Waals surface area contributed by atoms with Crippen molar-refractivity contribution in [1.82, 2.24) is 9.88 Å². The van der Waals surface area contributed by atoms with Crippen LogP contribution in [0.25, 0.3) is 0 Å². The molecule has 0 spiro atoms. The molecular weight excluding hydrogens is 278 g/mol. The number of thiazole rings is 1. The molecule has 1 fully saturated rings. The monoisotopic (exact) mass is 299 g/mol. The minimum Gasteiger partial charge on any atom is -0.362 e. The third kappa shape index (κ3) is 3.23. The lowest BCUT2D eigenvalue weighted by molar-refractivity contribution is 0.0733. The number of carbonyl (C=O) groups is 1. The number of nitrogens with zero attached hydrogens (tertiary/aromatic N) is 2. The van der Waals surface area contributed by atoms with Gasteiger partial charge in [0.1, 0.15) is 5.69 Å². The first-order chi connectivity index (χ1) is 9.17. The number of thioether (sulfide) groups is 1. The number of rotatable bonds is 5. The molecule has 0 saturated heterocycles. The number of anilines is 1. The van der Waals surface area contributed by atoms with Crippen LogP contribution in [-0.4, -0.2) is 46.9 Å². The third-order valence-electron chi connectivity index (χ3n) is 3.59. The Bertz CT molecular complexity index is 435. The summed E-state index contributed by atoms with van der Waals surface area (Å²) in [4.78, 5) is 18.7. The zero-order chi connectivity index (χ0) is 13.8. The number of carbonyl (C=O) groups excluding carboxylic acids is 1. The predicted octanol–water partition coefficient (Wildman–Crippen LogP) is 2.93. The topological polar surface area (TPSA) is 45.2 Å². The van der Waals surface area contributed by atoms with E-state index in [0.29, 0.717) is 17.0 Å². The Hall–Kier alpha value is -0.750. The second-order valence-corrected chi connectivity index (χ2v) is 6.69. The molecule has 0 radical (unpaired) electrons. The highest BCUT2D eigenvalue weighted by Gasteiger charge is 2.33. The Labute approximate surface area is 123 Å². The van der Waals surface area contributed by atoms with Crippen LogP contribution in [0.15, 0.2) is 5.38 Å². The highest BCUT2D eigenvalue weighted by Crippen LogP contribution is 2.32. The molecule has 1 N–H and O–H groups in total. The number of aromatic nitrogens is 1. The molecule has 0 aliphatic heterocycles. The summed E-state index contributed by atoms with van der Waals surface area (Å²) in [5.74, 6) is 0.0475.